The Kier molecular flexibility index (Phi) is 4.23. The van der Waals surface area contributed by atoms with Crippen molar-refractivity contribution in [2.24, 2.45) is 0 Å². The van der Waals surface area contributed by atoms with Gasteiger partial charge in [-0.05, 0) is 12.1 Å². The lowest BCUT2D eigenvalue weighted by molar-refractivity contribution is -0.914. The molecule has 2 aromatic heterocycles. The Morgan fingerprint density at radius 1 is 0.962 bits per heavy atom. The first-order valence-corrected chi connectivity index (χ1v) is 8.43. The van der Waals surface area contributed by atoms with Gasteiger partial charge in [-0.2, -0.15) is 17.7 Å². The molecule has 1 saturated heterocycles. The van der Waals surface area contributed by atoms with Gasteiger partial charge >= 0.3 is 6.18 Å². The van der Waals surface area contributed by atoms with Gasteiger partial charge in [0.1, 0.15) is 12.4 Å². The molecule has 1 fully saturated rings. The fraction of sp³-hybridized carbons (Fsp3) is 0.353. The summed E-state index contributed by atoms with van der Waals surface area (Å²) in [6, 6.07) is 13.5. The summed E-state index contributed by atoms with van der Waals surface area (Å²) in [5, 5.41) is 10.9. The van der Waals surface area contributed by atoms with Crippen LogP contribution in [0.25, 0.3) is 5.65 Å². The molecular weight excluding hydrogens is 345 g/mol. The first kappa shape index (κ1) is 16.8. The van der Waals surface area contributed by atoms with Crippen molar-refractivity contribution in [3.05, 3.63) is 53.9 Å². The quantitative estimate of drug-likeness (QED) is 0.756. The van der Waals surface area contributed by atoms with Gasteiger partial charge in [-0.15, -0.1) is 15.3 Å². The van der Waals surface area contributed by atoms with Crippen LogP contribution in [0, 0.1) is 0 Å². The second-order valence-corrected chi connectivity index (χ2v) is 6.38. The van der Waals surface area contributed by atoms with Crippen LogP contribution >= 0.6 is 0 Å². The van der Waals surface area contributed by atoms with Crippen LogP contribution in [0.3, 0.4) is 0 Å². The van der Waals surface area contributed by atoms with Crippen LogP contribution in [-0.4, -0.2) is 46.0 Å². The van der Waals surface area contributed by atoms with Gasteiger partial charge in [-0.3, -0.25) is 0 Å². The highest BCUT2D eigenvalue weighted by Gasteiger charge is 2.38. The topological polar surface area (TPSA) is 50.8 Å². The molecule has 0 spiro atoms. The number of nitrogens with one attached hydrogen (secondary N) is 1. The number of quaternary nitrogens is 1. The maximum absolute atomic E-state index is 13.0. The third-order valence-electron chi connectivity index (χ3n) is 4.59. The molecule has 9 heteroatoms. The van der Waals surface area contributed by atoms with Crippen LogP contribution in [-0.2, 0) is 12.7 Å². The van der Waals surface area contributed by atoms with Gasteiger partial charge < -0.3 is 9.80 Å². The Morgan fingerprint density at radius 2 is 1.69 bits per heavy atom. The van der Waals surface area contributed by atoms with E-state index in [0.29, 0.717) is 5.82 Å². The molecule has 1 aliphatic rings. The van der Waals surface area contributed by atoms with E-state index in [1.165, 1.54) is 16.5 Å². The van der Waals surface area contributed by atoms with E-state index in [2.05, 4.69) is 27.4 Å². The van der Waals surface area contributed by atoms with Crippen LogP contribution in [0.15, 0.2) is 42.5 Å². The van der Waals surface area contributed by atoms with Gasteiger partial charge in [-0.1, -0.05) is 30.3 Å². The van der Waals surface area contributed by atoms with Crippen molar-refractivity contribution in [1.29, 1.82) is 0 Å². The number of fused-ring (bicyclic) bond motifs is 1. The van der Waals surface area contributed by atoms with Crippen molar-refractivity contribution >= 4 is 11.5 Å². The lowest BCUT2D eigenvalue weighted by Crippen LogP contribution is -3.13. The van der Waals surface area contributed by atoms with Gasteiger partial charge in [0.2, 0.25) is 0 Å². The Bertz CT molecular complexity index is 884. The van der Waals surface area contributed by atoms with Crippen LogP contribution in [0.2, 0.25) is 0 Å². The summed E-state index contributed by atoms with van der Waals surface area (Å²) in [7, 11) is 0. The standard InChI is InChI=1S/C17H17F3N6/c18-17(19,20)16-22-21-14-6-7-15(23-26(14)16)25-10-8-24(9-11-25)12-13-4-2-1-3-5-13/h1-7H,8-12H2/p+1. The predicted molar refractivity (Wildman–Crippen MR) is 88.8 cm³/mol. The van der Waals surface area contributed by atoms with Gasteiger partial charge in [0.15, 0.2) is 5.65 Å². The molecule has 3 aromatic rings. The van der Waals surface area contributed by atoms with Crippen molar-refractivity contribution in [2.75, 3.05) is 31.1 Å². The summed E-state index contributed by atoms with van der Waals surface area (Å²) >= 11 is 0. The number of benzene rings is 1. The third-order valence-corrected chi connectivity index (χ3v) is 4.59. The molecule has 4 rings (SSSR count). The Balaban J connectivity index is 1.47. The molecule has 136 valence electrons. The van der Waals surface area contributed by atoms with Crippen LogP contribution < -0.4 is 9.80 Å². The molecule has 0 amide bonds. The molecule has 0 atom stereocenters. The monoisotopic (exact) mass is 363 g/mol. The largest absolute Gasteiger partial charge is 0.453 e. The van der Waals surface area contributed by atoms with E-state index in [4.69, 9.17) is 0 Å². The fourth-order valence-corrected chi connectivity index (χ4v) is 3.24. The molecular formula is C17H18F3N6+. The predicted octanol–water partition coefficient (Wildman–Crippen LogP) is 1.05. The average molecular weight is 363 g/mol. The van der Waals surface area contributed by atoms with Crippen molar-refractivity contribution in [3.8, 4) is 0 Å². The van der Waals surface area contributed by atoms with Crippen LogP contribution in [0.4, 0.5) is 19.0 Å². The summed E-state index contributed by atoms with van der Waals surface area (Å²) < 4.78 is 39.8. The highest BCUT2D eigenvalue weighted by Crippen LogP contribution is 2.27. The van der Waals surface area contributed by atoms with E-state index in [0.717, 1.165) is 37.2 Å². The smallest absolute Gasteiger partial charge is 0.344 e. The summed E-state index contributed by atoms with van der Waals surface area (Å²) in [6.45, 7) is 4.24. The zero-order valence-electron chi connectivity index (χ0n) is 13.9. The number of rotatable bonds is 3. The van der Waals surface area contributed by atoms with Crippen molar-refractivity contribution in [2.45, 2.75) is 12.7 Å². The normalized spacial score (nSPS) is 16.3. The molecule has 0 saturated carbocycles. The third kappa shape index (κ3) is 3.34. The maximum atomic E-state index is 13.0. The lowest BCUT2D eigenvalue weighted by Gasteiger charge is -2.32. The minimum absolute atomic E-state index is 0.0920. The molecule has 0 bridgehead atoms. The Hall–Kier alpha value is -2.68. The van der Waals surface area contributed by atoms with E-state index in [1.807, 2.05) is 23.1 Å². The first-order chi connectivity index (χ1) is 12.5. The second-order valence-electron chi connectivity index (χ2n) is 6.38. The van der Waals surface area contributed by atoms with E-state index < -0.39 is 12.0 Å². The minimum atomic E-state index is -4.58. The zero-order chi connectivity index (χ0) is 18.1. The van der Waals surface area contributed by atoms with Crippen molar-refractivity contribution in [3.63, 3.8) is 0 Å². The number of nitrogens with zero attached hydrogens (tertiary/aromatic N) is 5. The Labute approximate surface area is 147 Å². The molecule has 1 N–H and O–H groups in total. The minimum Gasteiger partial charge on any atom is -0.344 e. The van der Waals surface area contributed by atoms with E-state index in [9.17, 15) is 13.2 Å². The van der Waals surface area contributed by atoms with Crippen molar-refractivity contribution in [1.82, 2.24) is 19.8 Å². The molecule has 0 unspecified atom stereocenters. The summed E-state index contributed by atoms with van der Waals surface area (Å²) in [4.78, 5) is 3.46. The highest BCUT2D eigenvalue weighted by atomic mass is 19.4. The van der Waals surface area contributed by atoms with Gasteiger partial charge in [-0.25, -0.2) is 0 Å². The van der Waals surface area contributed by atoms with E-state index in [1.54, 1.807) is 6.07 Å². The van der Waals surface area contributed by atoms with Crippen LogP contribution in [0.1, 0.15) is 11.4 Å². The first-order valence-electron chi connectivity index (χ1n) is 8.43. The lowest BCUT2D eigenvalue weighted by atomic mass is 10.2. The number of hydrogen-bond acceptors (Lipinski definition) is 4. The van der Waals surface area contributed by atoms with Gasteiger partial charge in [0, 0.05) is 5.56 Å². The average Bonchev–Trinajstić information content (AvgIpc) is 3.07. The SMILES string of the molecule is FC(F)(F)c1nnc2ccc(N3CC[NH+](Cc4ccccc4)CC3)nn12. The van der Waals surface area contributed by atoms with E-state index >= 15 is 0 Å². The number of aromatic nitrogens is 4. The van der Waals surface area contributed by atoms with Gasteiger partial charge in [0.05, 0.1) is 26.2 Å². The molecule has 1 aliphatic heterocycles. The van der Waals surface area contributed by atoms with Crippen molar-refractivity contribution < 1.29 is 18.1 Å². The molecule has 26 heavy (non-hydrogen) atoms. The number of hydrogen-bond donors (Lipinski definition) is 1. The fourth-order valence-electron chi connectivity index (χ4n) is 3.24. The molecule has 0 aliphatic carbocycles. The zero-order valence-corrected chi connectivity index (χ0v) is 13.9. The molecule has 1 aromatic carbocycles. The maximum Gasteiger partial charge on any atom is 0.453 e. The molecule has 6 nitrogen and oxygen atoms in total. The Morgan fingerprint density at radius 3 is 2.38 bits per heavy atom. The highest BCUT2D eigenvalue weighted by molar-refractivity contribution is 5.46. The summed E-state index contributed by atoms with van der Waals surface area (Å²) in [5.41, 5.74) is 1.38. The second kappa shape index (κ2) is 6.56. The molecule has 0 radical (unpaired) electrons. The number of piperazine rings is 1. The molecule has 3 heterocycles. The number of halogens is 3. The number of alkyl halides is 3. The number of anilines is 1. The van der Waals surface area contributed by atoms with Gasteiger partial charge in [0.25, 0.3) is 5.82 Å². The summed E-state index contributed by atoms with van der Waals surface area (Å²) in [6.07, 6.45) is -4.58. The van der Waals surface area contributed by atoms with Crippen LogP contribution in [0.5, 0.6) is 0 Å². The van der Waals surface area contributed by atoms with E-state index in [-0.39, 0.29) is 5.65 Å². The summed E-state index contributed by atoms with van der Waals surface area (Å²) in [5.74, 6) is -0.579.